The Morgan fingerprint density at radius 2 is 2.11 bits per heavy atom. The largest absolute Gasteiger partial charge is 0.416 e. The predicted molar refractivity (Wildman–Crippen MR) is 65.3 cm³/mol. The van der Waals surface area contributed by atoms with Gasteiger partial charge in [0.25, 0.3) is 0 Å². The highest BCUT2D eigenvalue weighted by molar-refractivity contribution is 7.09. The molecule has 0 atom stereocenters. The molecule has 2 aromatic rings. The van der Waals surface area contributed by atoms with Gasteiger partial charge >= 0.3 is 6.18 Å². The van der Waals surface area contributed by atoms with E-state index in [0.717, 1.165) is 17.0 Å². The van der Waals surface area contributed by atoms with Crippen LogP contribution < -0.4 is 11.1 Å². The van der Waals surface area contributed by atoms with Gasteiger partial charge < -0.3 is 11.1 Å². The highest BCUT2D eigenvalue weighted by Gasteiger charge is 2.30. The topological polar surface area (TPSA) is 50.9 Å². The second-order valence-electron chi connectivity index (χ2n) is 3.62. The van der Waals surface area contributed by atoms with Crippen LogP contribution in [0.25, 0.3) is 0 Å². The number of nitrogens with one attached hydrogen (secondary N) is 1. The fourth-order valence-corrected chi connectivity index (χ4v) is 1.95. The molecule has 0 bridgehead atoms. The van der Waals surface area contributed by atoms with Crippen LogP contribution >= 0.6 is 11.3 Å². The number of anilines is 2. The van der Waals surface area contributed by atoms with Crippen LogP contribution in [0, 0.1) is 0 Å². The van der Waals surface area contributed by atoms with Crippen molar-refractivity contribution in [1.82, 2.24) is 4.98 Å². The summed E-state index contributed by atoms with van der Waals surface area (Å²) >= 11 is 1.46. The van der Waals surface area contributed by atoms with Crippen molar-refractivity contribution in [3.8, 4) is 0 Å². The van der Waals surface area contributed by atoms with Crippen LogP contribution in [0.2, 0.25) is 0 Å². The van der Waals surface area contributed by atoms with Crippen molar-refractivity contribution in [2.75, 3.05) is 11.1 Å². The minimum atomic E-state index is -4.37. The zero-order valence-electron chi connectivity index (χ0n) is 9.16. The molecule has 0 aliphatic rings. The summed E-state index contributed by atoms with van der Waals surface area (Å²) in [6.07, 6.45) is -2.68. The average Bonchev–Trinajstić information content (AvgIpc) is 2.79. The molecule has 1 aromatic heterocycles. The standard InChI is InChI=1S/C11H10F3N3S/c12-11(13,14)7-1-2-10(9(15)3-7)17-5-8-4-16-6-18-8/h1-4,6,17H,5,15H2. The Hall–Kier alpha value is -1.76. The third kappa shape index (κ3) is 2.92. The van der Waals surface area contributed by atoms with E-state index in [4.69, 9.17) is 5.73 Å². The van der Waals surface area contributed by atoms with E-state index in [2.05, 4.69) is 10.3 Å². The van der Waals surface area contributed by atoms with E-state index in [0.29, 0.717) is 12.2 Å². The van der Waals surface area contributed by atoms with E-state index in [1.54, 1.807) is 11.7 Å². The monoisotopic (exact) mass is 273 g/mol. The van der Waals surface area contributed by atoms with Gasteiger partial charge in [0.15, 0.2) is 0 Å². The van der Waals surface area contributed by atoms with Gasteiger partial charge in [0, 0.05) is 11.1 Å². The Labute approximate surface area is 105 Å². The lowest BCUT2D eigenvalue weighted by atomic mass is 10.1. The van der Waals surface area contributed by atoms with Gasteiger partial charge in [-0.15, -0.1) is 11.3 Å². The molecule has 2 rings (SSSR count). The van der Waals surface area contributed by atoms with Gasteiger partial charge in [-0.3, -0.25) is 4.98 Å². The number of benzene rings is 1. The molecule has 1 heterocycles. The molecular weight excluding hydrogens is 263 g/mol. The van der Waals surface area contributed by atoms with Crippen molar-refractivity contribution in [1.29, 1.82) is 0 Å². The second-order valence-corrected chi connectivity index (χ2v) is 4.59. The normalized spacial score (nSPS) is 11.5. The summed E-state index contributed by atoms with van der Waals surface area (Å²) in [6.45, 7) is 0.486. The number of alkyl halides is 3. The quantitative estimate of drug-likeness (QED) is 0.843. The van der Waals surface area contributed by atoms with Gasteiger partial charge in [-0.25, -0.2) is 0 Å². The van der Waals surface area contributed by atoms with Crippen LogP contribution in [0.5, 0.6) is 0 Å². The molecular formula is C11H10F3N3S. The zero-order valence-corrected chi connectivity index (χ0v) is 9.98. The number of halogens is 3. The Morgan fingerprint density at radius 1 is 1.33 bits per heavy atom. The summed E-state index contributed by atoms with van der Waals surface area (Å²) in [6, 6.07) is 3.26. The molecule has 0 fully saturated rings. The lowest BCUT2D eigenvalue weighted by Gasteiger charge is -2.11. The maximum Gasteiger partial charge on any atom is 0.416 e. The second kappa shape index (κ2) is 4.85. The molecule has 3 nitrogen and oxygen atoms in total. The molecule has 0 saturated carbocycles. The third-order valence-corrected chi connectivity index (χ3v) is 3.10. The smallest absolute Gasteiger partial charge is 0.397 e. The SMILES string of the molecule is Nc1cc(C(F)(F)F)ccc1NCc1cncs1. The summed E-state index contributed by atoms with van der Waals surface area (Å²) in [5.74, 6) is 0. The van der Waals surface area contributed by atoms with Crippen LogP contribution in [-0.2, 0) is 12.7 Å². The molecule has 0 radical (unpaired) electrons. The number of nitrogens with zero attached hydrogens (tertiary/aromatic N) is 1. The highest BCUT2D eigenvalue weighted by atomic mass is 32.1. The molecule has 96 valence electrons. The maximum atomic E-state index is 12.4. The number of hydrogen-bond donors (Lipinski definition) is 2. The lowest BCUT2D eigenvalue weighted by molar-refractivity contribution is -0.137. The van der Waals surface area contributed by atoms with E-state index in [1.807, 2.05) is 0 Å². The van der Waals surface area contributed by atoms with E-state index >= 15 is 0 Å². The molecule has 0 aliphatic carbocycles. The van der Waals surface area contributed by atoms with Crippen molar-refractivity contribution >= 4 is 22.7 Å². The minimum absolute atomic E-state index is 0.0781. The Balaban J connectivity index is 2.10. The molecule has 3 N–H and O–H groups in total. The highest BCUT2D eigenvalue weighted by Crippen LogP contribution is 2.32. The molecule has 0 amide bonds. The van der Waals surface area contributed by atoms with Crippen LogP contribution in [0.3, 0.4) is 0 Å². The average molecular weight is 273 g/mol. The van der Waals surface area contributed by atoms with Crippen LogP contribution in [-0.4, -0.2) is 4.98 Å². The third-order valence-electron chi connectivity index (χ3n) is 2.32. The van der Waals surface area contributed by atoms with Gasteiger partial charge in [-0.05, 0) is 18.2 Å². The Bertz CT molecular complexity index is 523. The van der Waals surface area contributed by atoms with Crippen molar-refractivity contribution in [2.24, 2.45) is 0 Å². The van der Waals surface area contributed by atoms with Crippen LogP contribution in [0.1, 0.15) is 10.4 Å². The first kappa shape index (κ1) is 12.7. The Kier molecular flexibility index (Phi) is 3.42. The summed E-state index contributed by atoms with van der Waals surface area (Å²) in [5, 5.41) is 2.97. The molecule has 0 unspecified atom stereocenters. The van der Waals surface area contributed by atoms with E-state index in [1.165, 1.54) is 17.4 Å². The first-order valence-electron chi connectivity index (χ1n) is 5.05. The molecule has 0 saturated heterocycles. The van der Waals surface area contributed by atoms with Crippen LogP contribution in [0.4, 0.5) is 24.5 Å². The number of thiazole rings is 1. The van der Waals surface area contributed by atoms with E-state index < -0.39 is 11.7 Å². The zero-order chi connectivity index (χ0) is 13.2. The summed E-state index contributed by atoms with van der Waals surface area (Å²) in [7, 11) is 0. The molecule has 18 heavy (non-hydrogen) atoms. The van der Waals surface area contributed by atoms with Crippen LogP contribution in [0.15, 0.2) is 29.9 Å². The number of nitrogens with two attached hydrogens (primary N) is 1. The molecule has 0 aliphatic heterocycles. The first-order valence-corrected chi connectivity index (χ1v) is 5.93. The summed E-state index contributed by atoms with van der Waals surface area (Å²) in [4.78, 5) is 4.88. The number of hydrogen-bond acceptors (Lipinski definition) is 4. The fourth-order valence-electron chi connectivity index (χ4n) is 1.41. The van der Waals surface area contributed by atoms with Gasteiger partial charge in [0.1, 0.15) is 0 Å². The number of nitrogen functional groups attached to an aromatic ring is 1. The molecule has 7 heteroatoms. The van der Waals surface area contributed by atoms with Crippen molar-refractivity contribution in [3.63, 3.8) is 0 Å². The molecule has 0 spiro atoms. The molecule has 1 aromatic carbocycles. The maximum absolute atomic E-state index is 12.4. The summed E-state index contributed by atoms with van der Waals surface area (Å²) in [5.41, 5.74) is 7.08. The van der Waals surface area contributed by atoms with Crippen molar-refractivity contribution in [3.05, 3.63) is 40.3 Å². The minimum Gasteiger partial charge on any atom is -0.397 e. The predicted octanol–water partition coefficient (Wildman–Crippen LogP) is 3.36. The number of aromatic nitrogens is 1. The lowest BCUT2D eigenvalue weighted by Crippen LogP contribution is -2.07. The van der Waals surface area contributed by atoms with E-state index in [-0.39, 0.29) is 5.69 Å². The van der Waals surface area contributed by atoms with Gasteiger partial charge in [-0.1, -0.05) is 0 Å². The van der Waals surface area contributed by atoms with Gasteiger partial charge in [0.05, 0.1) is 29.0 Å². The van der Waals surface area contributed by atoms with Crippen molar-refractivity contribution < 1.29 is 13.2 Å². The van der Waals surface area contributed by atoms with Crippen molar-refractivity contribution in [2.45, 2.75) is 12.7 Å². The first-order chi connectivity index (χ1) is 8.47. The fraction of sp³-hybridized carbons (Fsp3) is 0.182. The van der Waals surface area contributed by atoms with E-state index in [9.17, 15) is 13.2 Å². The Morgan fingerprint density at radius 3 is 2.67 bits per heavy atom. The van der Waals surface area contributed by atoms with Gasteiger partial charge in [0.2, 0.25) is 0 Å². The summed E-state index contributed by atoms with van der Waals surface area (Å²) < 4.78 is 37.3. The van der Waals surface area contributed by atoms with Gasteiger partial charge in [-0.2, -0.15) is 13.2 Å². The number of rotatable bonds is 3.